The summed E-state index contributed by atoms with van der Waals surface area (Å²) in [6, 6.07) is 0.332. The Labute approximate surface area is 94.8 Å². The van der Waals surface area contributed by atoms with Gasteiger partial charge in [0.25, 0.3) is 0 Å². The summed E-state index contributed by atoms with van der Waals surface area (Å²) >= 11 is 0. The molecule has 0 amide bonds. The predicted molar refractivity (Wildman–Crippen MR) is 59.1 cm³/mol. The molecule has 6 heteroatoms. The Morgan fingerprint density at radius 3 is 3.00 bits per heavy atom. The predicted octanol–water partition coefficient (Wildman–Crippen LogP) is 0.705. The highest BCUT2D eigenvalue weighted by molar-refractivity contribution is 5.25. The van der Waals surface area contributed by atoms with Crippen molar-refractivity contribution >= 4 is 6.01 Å². The van der Waals surface area contributed by atoms with Gasteiger partial charge in [-0.15, -0.1) is 5.10 Å². The largest absolute Gasteiger partial charge is 0.406 e. The molecule has 0 radical (unpaired) electrons. The van der Waals surface area contributed by atoms with Gasteiger partial charge in [0, 0.05) is 20.2 Å². The van der Waals surface area contributed by atoms with Crippen molar-refractivity contribution in [3.63, 3.8) is 0 Å². The molecule has 90 valence electrons. The zero-order valence-electron chi connectivity index (χ0n) is 9.72. The van der Waals surface area contributed by atoms with E-state index >= 15 is 0 Å². The molecule has 0 saturated carbocycles. The molecule has 1 aliphatic rings. The van der Waals surface area contributed by atoms with Crippen molar-refractivity contribution in [1.29, 1.82) is 0 Å². The van der Waals surface area contributed by atoms with Crippen molar-refractivity contribution in [2.24, 2.45) is 5.73 Å². The standard InChI is InChI=1S/C10H18N4O2/c1-7(11)9-12-13-10(16-9)14-5-3-4-8(6-14)15-2/h7-8H,3-6,11H2,1-2H3. The van der Waals surface area contributed by atoms with Gasteiger partial charge in [-0.2, -0.15) is 0 Å². The van der Waals surface area contributed by atoms with E-state index in [1.807, 2.05) is 6.92 Å². The molecule has 16 heavy (non-hydrogen) atoms. The molecule has 1 aromatic heterocycles. The molecule has 6 nitrogen and oxygen atoms in total. The minimum absolute atomic E-state index is 0.218. The SMILES string of the molecule is COC1CCCN(c2nnc(C(C)N)o2)C1. The summed E-state index contributed by atoms with van der Waals surface area (Å²) in [6.07, 6.45) is 2.41. The lowest BCUT2D eigenvalue weighted by molar-refractivity contribution is 0.0879. The first-order chi connectivity index (χ1) is 7.70. The third kappa shape index (κ3) is 2.33. The van der Waals surface area contributed by atoms with Crippen molar-refractivity contribution < 1.29 is 9.15 Å². The Morgan fingerprint density at radius 2 is 2.38 bits per heavy atom. The Balaban J connectivity index is 2.05. The number of piperidine rings is 1. The normalized spacial score (nSPS) is 23.4. The molecule has 0 spiro atoms. The number of ether oxygens (including phenoxy) is 1. The Morgan fingerprint density at radius 1 is 1.56 bits per heavy atom. The first-order valence-corrected chi connectivity index (χ1v) is 5.57. The fourth-order valence-electron chi connectivity index (χ4n) is 1.84. The maximum absolute atomic E-state index is 5.67. The molecular weight excluding hydrogens is 208 g/mol. The summed E-state index contributed by atoms with van der Waals surface area (Å²) in [5, 5.41) is 7.92. The average Bonchev–Trinajstić information content (AvgIpc) is 2.78. The molecule has 0 aromatic carbocycles. The van der Waals surface area contributed by atoms with Gasteiger partial charge in [-0.3, -0.25) is 0 Å². The van der Waals surface area contributed by atoms with E-state index in [4.69, 9.17) is 14.9 Å². The Kier molecular flexibility index (Phi) is 3.40. The van der Waals surface area contributed by atoms with Crippen molar-refractivity contribution in [3.8, 4) is 0 Å². The van der Waals surface area contributed by atoms with E-state index in [9.17, 15) is 0 Å². The monoisotopic (exact) mass is 226 g/mol. The van der Waals surface area contributed by atoms with Crippen LogP contribution < -0.4 is 10.6 Å². The van der Waals surface area contributed by atoms with Gasteiger partial charge in [-0.05, 0) is 19.8 Å². The van der Waals surface area contributed by atoms with E-state index in [-0.39, 0.29) is 12.1 Å². The van der Waals surface area contributed by atoms with Gasteiger partial charge in [-0.25, -0.2) is 0 Å². The Bertz CT molecular complexity index is 339. The summed E-state index contributed by atoms with van der Waals surface area (Å²) in [7, 11) is 1.73. The van der Waals surface area contributed by atoms with E-state index in [0.29, 0.717) is 11.9 Å². The number of anilines is 1. The average molecular weight is 226 g/mol. The smallest absolute Gasteiger partial charge is 0.318 e. The molecule has 1 saturated heterocycles. The van der Waals surface area contributed by atoms with Crippen LogP contribution in [0.4, 0.5) is 6.01 Å². The van der Waals surface area contributed by atoms with Crippen molar-refractivity contribution in [3.05, 3.63) is 5.89 Å². The van der Waals surface area contributed by atoms with E-state index in [0.717, 1.165) is 25.9 Å². The second-order valence-electron chi connectivity index (χ2n) is 4.16. The van der Waals surface area contributed by atoms with Crippen LogP contribution in [0.15, 0.2) is 4.42 Å². The van der Waals surface area contributed by atoms with Crippen LogP contribution in [0.5, 0.6) is 0 Å². The quantitative estimate of drug-likeness (QED) is 0.817. The number of nitrogens with zero attached hydrogens (tertiary/aromatic N) is 3. The fraction of sp³-hybridized carbons (Fsp3) is 0.800. The number of hydrogen-bond acceptors (Lipinski definition) is 6. The zero-order valence-corrected chi connectivity index (χ0v) is 9.72. The summed E-state index contributed by atoms with van der Waals surface area (Å²) in [4.78, 5) is 2.05. The van der Waals surface area contributed by atoms with Gasteiger partial charge in [0.1, 0.15) is 0 Å². The topological polar surface area (TPSA) is 77.4 Å². The summed E-state index contributed by atoms with van der Waals surface area (Å²) in [5.41, 5.74) is 5.67. The van der Waals surface area contributed by atoms with Gasteiger partial charge in [0.2, 0.25) is 5.89 Å². The number of rotatable bonds is 3. The van der Waals surface area contributed by atoms with Gasteiger partial charge in [0.05, 0.1) is 12.1 Å². The number of methoxy groups -OCH3 is 1. The molecule has 2 unspecified atom stereocenters. The van der Waals surface area contributed by atoms with Crippen LogP contribution in [0.25, 0.3) is 0 Å². The molecule has 0 aliphatic carbocycles. The third-order valence-corrected chi connectivity index (χ3v) is 2.80. The molecule has 0 bridgehead atoms. The lowest BCUT2D eigenvalue weighted by Gasteiger charge is -2.30. The minimum Gasteiger partial charge on any atom is -0.406 e. The van der Waals surface area contributed by atoms with E-state index in [1.54, 1.807) is 7.11 Å². The molecular formula is C10H18N4O2. The lowest BCUT2D eigenvalue weighted by Crippen LogP contribution is -2.39. The van der Waals surface area contributed by atoms with E-state index < -0.39 is 0 Å². The van der Waals surface area contributed by atoms with Crippen LogP contribution in [0, 0.1) is 0 Å². The summed E-state index contributed by atoms with van der Waals surface area (Å²) in [5.74, 6) is 0.481. The maximum Gasteiger partial charge on any atom is 0.318 e. The first kappa shape index (κ1) is 11.3. The molecule has 2 N–H and O–H groups in total. The zero-order chi connectivity index (χ0) is 11.5. The van der Waals surface area contributed by atoms with Crippen LogP contribution in [0.3, 0.4) is 0 Å². The van der Waals surface area contributed by atoms with Crippen LogP contribution in [0.2, 0.25) is 0 Å². The number of nitrogens with two attached hydrogens (primary N) is 1. The van der Waals surface area contributed by atoms with Gasteiger partial charge >= 0.3 is 6.01 Å². The number of hydrogen-bond donors (Lipinski definition) is 1. The minimum atomic E-state index is -0.218. The highest BCUT2D eigenvalue weighted by Gasteiger charge is 2.23. The molecule has 2 heterocycles. The van der Waals surface area contributed by atoms with E-state index in [2.05, 4.69) is 15.1 Å². The van der Waals surface area contributed by atoms with Crippen LogP contribution in [0.1, 0.15) is 31.7 Å². The number of aromatic nitrogens is 2. The van der Waals surface area contributed by atoms with Gasteiger partial charge in [-0.1, -0.05) is 5.10 Å². The van der Waals surface area contributed by atoms with Gasteiger partial charge in [0.15, 0.2) is 0 Å². The van der Waals surface area contributed by atoms with Crippen LogP contribution >= 0.6 is 0 Å². The van der Waals surface area contributed by atoms with Crippen molar-refractivity contribution in [1.82, 2.24) is 10.2 Å². The molecule has 1 fully saturated rings. The molecule has 1 aliphatic heterocycles. The maximum atomic E-state index is 5.67. The van der Waals surface area contributed by atoms with E-state index in [1.165, 1.54) is 0 Å². The molecule has 2 atom stereocenters. The van der Waals surface area contributed by atoms with Crippen molar-refractivity contribution in [2.75, 3.05) is 25.1 Å². The third-order valence-electron chi connectivity index (χ3n) is 2.80. The summed E-state index contributed by atoms with van der Waals surface area (Å²) in [6.45, 7) is 3.56. The van der Waals surface area contributed by atoms with Gasteiger partial charge < -0.3 is 19.8 Å². The molecule has 1 aromatic rings. The van der Waals surface area contributed by atoms with Crippen LogP contribution in [-0.2, 0) is 4.74 Å². The first-order valence-electron chi connectivity index (χ1n) is 5.57. The molecule has 2 rings (SSSR count). The van der Waals surface area contributed by atoms with Crippen LogP contribution in [-0.4, -0.2) is 36.5 Å². The van der Waals surface area contributed by atoms with Crippen molar-refractivity contribution in [2.45, 2.75) is 31.9 Å². The fourth-order valence-corrected chi connectivity index (χ4v) is 1.84. The summed E-state index contributed by atoms with van der Waals surface area (Å²) < 4.78 is 10.8. The highest BCUT2D eigenvalue weighted by atomic mass is 16.5. The second kappa shape index (κ2) is 4.80. The highest BCUT2D eigenvalue weighted by Crippen LogP contribution is 2.21. The lowest BCUT2D eigenvalue weighted by atomic mass is 10.1. The second-order valence-corrected chi connectivity index (χ2v) is 4.16. The Hall–Kier alpha value is -1.14.